The fourth-order valence-corrected chi connectivity index (χ4v) is 2.56. The average Bonchev–Trinajstić information content (AvgIpc) is 2.44. The van der Waals surface area contributed by atoms with Crippen LogP contribution in [0.15, 0.2) is 41.0 Å². The number of halogens is 1. The molecule has 0 aliphatic heterocycles. The van der Waals surface area contributed by atoms with Crippen molar-refractivity contribution in [1.82, 2.24) is 10.3 Å². The lowest BCUT2D eigenvalue weighted by molar-refractivity contribution is 0.588. The van der Waals surface area contributed by atoms with Gasteiger partial charge in [0.05, 0.1) is 0 Å². The van der Waals surface area contributed by atoms with Crippen LogP contribution in [0.5, 0.6) is 0 Å². The molecule has 1 aromatic carbocycles. The zero-order chi connectivity index (χ0) is 15.4. The van der Waals surface area contributed by atoms with E-state index in [1.165, 1.54) is 11.1 Å². The molecule has 0 fully saturated rings. The molecule has 0 atom stereocenters. The summed E-state index contributed by atoms with van der Waals surface area (Å²) in [6.45, 7) is 7.20. The van der Waals surface area contributed by atoms with Crippen LogP contribution in [0.4, 0.5) is 11.5 Å². The summed E-state index contributed by atoms with van der Waals surface area (Å²) < 4.78 is 1.00. The Hall–Kier alpha value is -1.39. The van der Waals surface area contributed by atoms with Gasteiger partial charge in [0, 0.05) is 41.6 Å². The summed E-state index contributed by atoms with van der Waals surface area (Å²) in [5.41, 5.74) is 3.58. The molecule has 1 N–H and O–H groups in total. The number of aromatic nitrogens is 1. The van der Waals surface area contributed by atoms with Crippen LogP contribution in [0.3, 0.4) is 0 Å². The molecule has 0 amide bonds. The lowest BCUT2D eigenvalue weighted by Crippen LogP contribution is -2.24. The number of rotatable bonds is 5. The van der Waals surface area contributed by atoms with E-state index in [1.54, 1.807) is 0 Å². The van der Waals surface area contributed by atoms with E-state index < -0.39 is 0 Å². The van der Waals surface area contributed by atoms with Gasteiger partial charge in [-0.25, -0.2) is 4.98 Å². The van der Waals surface area contributed by atoms with Crippen molar-refractivity contribution in [2.24, 2.45) is 0 Å². The van der Waals surface area contributed by atoms with Crippen LogP contribution in [-0.4, -0.2) is 18.1 Å². The zero-order valence-electron chi connectivity index (χ0n) is 13.0. The highest BCUT2D eigenvalue weighted by Gasteiger charge is 2.12. The van der Waals surface area contributed by atoms with Gasteiger partial charge in [-0.15, -0.1) is 0 Å². The largest absolute Gasteiger partial charge is 0.329 e. The maximum atomic E-state index is 4.60. The molecule has 0 radical (unpaired) electrons. The summed E-state index contributed by atoms with van der Waals surface area (Å²) in [5.74, 6) is 0.983. The SMILES string of the molecule is Cc1cccc(N(C)c2ncc(Br)cc2CNC(C)C)c1. The molecule has 0 saturated heterocycles. The molecule has 0 aliphatic carbocycles. The minimum Gasteiger partial charge on any atom is -0.329 e. The van der Waals surface area contributed by atoms with Gasteiger partial charge >= 0.3 is 0 Å². The summed E-state index contributed by atoms with van der Waals surface area (Å²) in [6.07, 6.45) is 1.85. The van der Waals surface area contributed by atoms with Gasteiger partial charge in [-0.05, 0) is 46.6 Å². The second-order valence-corrected chi connectivity index (χ2v) is 6.49. The van der Waals surface area contributed by atoms with E-state index in [2.05, 4.69) is 89.3 Å². The highest BCUT2D eigenvalue weighted by Crippen LogP contribution is 2.27. The van der Waals surface area contributed by atoms with Crippen molar-refractivity contribution in [3.05, 3.63) is 52.1 Å². The third kappa shape index (κ3) is 4.29. The minimum atomic E-state index is 0.445. The molecule has 0 saturated carbocycles. The van der Waals surface area contributed by atoms with E-state index in [-0.39, 0.29) is 0 Å². The van der Waals surface area contributed by atoms with Gasteiger partial charge in [0.1, 0.15) is 5.82 Å². The predicted octanol–water partition coefficient (Wildman–Crippen LogP) is 4.42. The molecule has 0 unspecified atom stereocenters. The highest BCUT2D eigenvalue weighted by molar-refractivity contribution is 9.10. The molecule has 2 rings (SSSR count). The molecule has 112 valence electrons. The minimum absolute atomic E-state index is 0.445. The molecule has 1 aromatic heterocycles. The Kier molecular flexibility index (Phi) is 5.37. The second-order valence-electron chi connectivity index (χ2n) is 5.57. The van der Waals surface area contributed by atoms with Gasteiger partial charge in [-0.3, -0.25) is 0 Å². The van der Waals surface area contributed by atoms with Crippen molar-refractivity contribution in [1.29, 1.82) is 0 Å². The van der Waals surface area contributed by atoms with Gasteiger partial charge in [0.25, 0.3) is 0 Å². The first-order valence-electron chi connectivity index (χ1n) is 7.15. The van der Waals surface area contributed by atoms with Crippen LogP contribution < -0.4 is 10.2 Å². The molecule has 3 nitrogen and oxygen atoms in total. The van der Waals surface area contributed by atoms with E-state index in [4.69, 9.17) is 0 Å². The summed E-state index contributed by atoms with van der Waals surface area (Å²) in [4.78, 5) is 6.74. The standard InChI is InChI=1S/C17H22BrN3/c1-12(2)19-10-14-9-15(18)11-20-17(14)21(4)16-7-5-6-13(3)8-16/h5-9,11-12,19H,10H2,1-4H3. The summed E-state index contributed by atoms with van der Waals surface area (Å²) >= 11 is 3.51. The normalized spacial score (nSPS) is 11.0. The van der Waals surface area contributed by atoms with Crippen molar-refractivity contribution in [3.63, 3.8) is 0 Å². The summed E-state index contributed by atoms with van der Waals surface area (Å²) in [6, 6.07) is 11.0. The Morgan fingerprint density at radius 2 is 2.05 bits per heavy atom. The number of aryl methyl sites for hydroxylation is 1. The Morgan fingerprint density at radius 1 is 1.29 bits per heavy atom. The quantitative estimate of drug-likeness (QED) is 0.867. The average molecular weight is 348 g/mol. The maximum absolute atomic E-state index is 4.60. The lowest BCUT2D eigenvalue weighted by Gasteiger charge is -2.22. The lowest BCUT2D eigenvalue weighted by atomic mass is 10.2. The van der Waals surface area contributed by atoms with E-state index in [0.29, 0.717) is 6.04 Å². The predicted molar refractivity (Wildman–Crippen MR) is 93.2 cm³/mol. The van der Waals surface area contributed by atoms with E-state index >= 15 is 0 Å². The van der Waals surface area contributed by atoms with Crippen molar-refractivity contribution in [3.8, 4) is 0 Å². The molecular formula is C17H22BrN3. The molecule has 0 bridgehead atoms. The van der Waals surface area contributed by atoms with Crippen LogP contribution >= 0.6 is 15.9 Å². The van der Waals surface area contributed by atoms with E-state index in [1.807, 2.05) is 6.20 Å². The van der Waals surface area contributed by atoms with Gasteiger partial charge in [0.15, 0.2) is 0 Å². The van der Waals surface area contributed by atoms with Crippen LogP contribution in [-0.2, 0) is 6.54 Å². The first-order chi connectivity index (χ1) is 9.97. The van der Waals surface area contributed by atoms with Gasteiger partial charge in [0.2, 0.25) is 0 Å². The maximum Gasteiger partial charge on any atom is 0.137 e. The third-order valence-electron chi connectivity index (χ3n) is 3.32. The number of anilines is 2. The van der Waals surface area contributed by atoms with Crippen LogP contribution in [0, 0.1) is 6.92 Å². The van der Waals surface area contributed by atoms with Crippen molar-refractivity contribution in [2.45, 2.75) is 33.4 Å². The topological polar surface area (TPSA) is 28.2 Å². The van der Waals surface area contributed by atoms with Gasteiger partial charge in [-0.1, -0.05) is 26.0 Å². The first kappa shape index (κ1) is 16.0. The third-order valence-corrected chi connectivity index (χ3v) is 3.75. The highest BCUT2D eigenvalue weighted by atomic mass is 79.9. The molecular weight excluding hydrogens is 326 g/mol. The fourth-order valence-electron chi connectivity index (χ4n) is 2.18. The molecule has 1 heterocycles. The van der Waals surface area contributed by atoms with Crippen LogP contribution in [0.25, 0.3) is 0 Å². The fraction of sp³-hybridized carbons (Fsp3) is 0.353. The zero-order valence-corrected chi connectivity index (χ0v) is 14.6. The molecule has 0 aliphatic rings. The number of nitrogens with zero attached hydrogens (tertiary/aromatic N) is 2. The molecule has 2 aromatic rings. The van der Waals surface area contributed by atoms with Gasteiger partial charge < -0.3 is 10.2 Å². The summed E-state index contributed by atoms with van der Waals surface area (Å²) in [5, 5.41) is 3.46. The van der Waals surface area contributed by atoms with E-state index in [9.17, 15) is 0 Å². The first-order valence-corrected chi connectivity index (χ1v) is 7.95. The Balaban J connectivity index is 2.33. The monoisotopic (exact) mass is 347 g/mol. The summed E-state index contributed by atoms with van der Waals surface area (Å²) in [7, 11) is 2.06. The van der Waals surface area contributed by atoms with Crippen molar-refractivity contribution >= 4 is 27.4 Å². The van der Waals surface area contributed by atoms with E-state index in [0.717, 1.165) is 22.5 Å². The van der Waals surface area contributed by atoms with Crippen molar-refractivity contribution < 1.29 is 0 Å². The number of pyridine rings is 1. The van der Waals surface area contributed by atoms with Crippen LogP contribution in [0.2, 0.25) is 0 Å². The number of hydrogen-bond acceptors (Lipinski definition) is 3. The Bertz CT molecular complexity index is 611. The smallest absolute Gasteiger partial charge is 0.137 e. The van der Waals surface area contributed by atoms with Crippen molar-refractivity contribution in [2.75, 3.05) is 11.9 Å². The second kappa shape index (κ2) is 7.05. The van der Waals surface area contributed by atoms with Gasteiger partial charge in [-0.2, -0.15) is 0 Å². The number of nitrogens with one attached hydrogen (secondary N) is 1. The Labute approximate surface area is 135 Å². The number of benzene rings is 1. The Morgan fingerprint density at radius 3 is 2.71 bits per heavy atom. The molecule has 0 spiro atoms. The molecule has 21 heavy (non-hydrogen) atoms. The number of hydrogen-bond donors (Lipinski definition) is 1. The van der Waals surface area contributed by atoms with Crippen LogP contribution in [0.1, 0.15) is 25.0 Å². The molecule has 4 heteroatoms.